The van der Waals surface area contributed by atoms with Gasteiger partial charge in [0.15, 0.2) is 11.1 Å². The standard InChI is InChI=1S/C24H26N8O3/c33-23-18(28-24(34)30-23)11-16-14-26-32-21(27-17-5-6-17)12-20(29-22(16)32)25-13-15-3-1-2-4-19(15)31-7-9-35-10-8-31/h1-4,11-12,14,17,25,33H,5-10,13H2,(H2,28,30,34)/b16-11+,27-21?. The average molecular weight is 475 g/mol. The number of aromatic hydroxyl groups is 1. The maximum Gasteiger partial charge on any atom is 0.326 e. The number of nitrogens with one attached hydrogen (secondary N) is 3. The Labute approximate surface area is 199 Å². The minimum absolute atomic E-state index is 0.230. The van der Waals surface area contributed by atoms with Crippen molar-refractivity contribution in [1.29, 1.82) is 0 Å². The SMILES string of the molecule is O=c1[nH]c(O)c(/C=c2\cnn3c(=NC4CC4)cc(NCc4ccccc4N4CCOCC4)nc23)[nH]1. The van der Waals surface area contributed by atoms with E-state index in [1.165, 1.54) is 11.3 Å². The molecule has 6 rings (SSSR count). The molecular formula is C24H26N8O3. The maximum absolute atomic E-state index is 11.5. The molecule has 4 N–H and O–H groups in total. The molecule has 0 unspecified atom stereocenters. The molecule has 4 aromatic rings. The fourth-order valence-electron chi connectivity index (χ4n) is 4.25. The highest BCUT2D eigenvalue weighted by Crippen LogP contribution is 2.23. The molecule has 0 spiro atoms. The Hall–Kier alpha value is -4.12. The Morgan fingerprint density at radius 3 is 2.83 bits per heavy atom. The molecule has 0 atom stereocenters. The van der Waals surface area contributed by atoms with Gasteiger partial charge in [-0.2, -0.15) is 9.61 Å². The summed E-state index contributed by atoms with van der Waals surface area (Å²) in [7, 11) is 0. The third-order valence-corrected chi connectivity index (χ3v) is 6.18. The molecule has 0 bridgehead atoms. The van der Waals surface area contributed by atoms with Gasteiger partial charge in [-0.1, -0.05) is 18.2 Å². The number of H-pyrrole nitrogens is 2. The Morgan fingerprint density at radius 2 is 2.06 bits per heavy atom. The highest BCUT2D eigenvalue weighted by atomic mass is 16.5. The van der Waals surface area contributed by atoms with Gasteiger partial charge >= 0.3 is 5.69 Å². The van der Waals surface area contributed by atoms with Gasteiger partial charge in [-0.15, -0.1) is 0 Å². The monoisotopic (exact) mass is 474 g/mol. The van der Waals surface area contributed by atoms with Crippen LogP contribution in [0, 0.1) is 0 Å². The van der Waals surface area contributed by atoms with Gasteiger partial charge in [0.25, 0.3) is 0 Å². The fraction of sp³-hybridized carbons (Fsp3) is 0.333. The van der Waals surface area contributed by atoms with Gasteiger partial charge in [0, 0.05) is 36.6 Å². The van der Waals surface area contributed by atoms with E-state index in [1.807, 2.05) is 12.1 Å². The molecule has 1 aliphatic heterocycles. The van der Waals surface area contributed by atoms with Crippen molar-refractivity contribution in [2.24, 2.45) is 4.99 Å². The summed E-state index contributed by atoms with van der Waals surface area (Å²) in [4.78, 5) is 28.4. The first-order valence-corrected chi connectivity index (χ1v) is 11.7. The van der Waals surface area contributed by atoms with Gasteiger partial charge in [0.05, 0.1) is 25.5 Å². The first kappa shape index (κ1) is 21.4. The van der Waals surface area contributed by atoms with Crippen LogP contribution in [0.2, 0.25) is 0 Å². The van der Waals surface area contributed by atoms with E-state index in [0.717, 1.165) is 39.1 Å². The molecule has 1 aromatic carbocycles. The Balaban J connectivity index is 1.37. The number of morpholine rings is 1. The lowest BCUT2D eigenvalue weighted by atomic mass is 10.1. The van der Waals surface area contributed by atoms with E-state index < -0.39 is 5.69 Å². The summed E-state index contributed by atoms with van der Waals surface area (Å²) in [5.74, 6) is 0.446. The number of benzene rings is 1. The van der Waals surface area contributed by atoms with Gasteiger partial charge < -0.3 is 25.0 Å². The van der Waals surface area contributed by atoms with Gasteiger partial charge in [0.1, 0.15) is 11.5 Å². The van der Waals surface area contributed by atoms with Crippen molar-refractivity contribution in [1.82, 2.24) is 24.6 Å². The summed E-state index contributed by atoms with van der Waals surface area (Å²) >= 11 is 0. The normalized spacial score (nSPS) is 17.4. The summed E-state index contributed by atoms with van der Waals surface area (Å²) in [6.07, 6.45) is 5.42. The molecule has 1 saturated heterocycles. The molecule has 2 fully saturated rings. The smallest absolute Gasteiger partial charge is 0.326 e. The van der Waals surface area contributed by atoms with Crippen molar-refractivity contribution in [3.8, 4) is 5.88 Å². The van der Waals surface area contributed by atoms with Crippen molar-refractivity contribution in [3.63, 3.8) is 0 Å². The number of rotatable bonds is 6. The molecular weight excluding hydrogens is 448 g/mol. The molecule has 11 heteroatoms. The van der Waals surface area contributed by atoms with Crippen LogP contribution in [0.25, 0.3) is 11.7 Å². The number of para-hydroxylation sites is 1. The van der Waals surface area contributed by atoms with Gasteiger partial charge in [-0.05, 0) is 30.5 Å². The third-order valence-electron chi connectivity index (χ3n) is 6.18. The number of ether oxygens (including phenoxy) is 1. The van der Waals surface area contributed by atoms with Crippen LogP contribution >= 0.6 is 0 Å². The molecule has 180 valence electrons. The second-order valence-electron chi connectivity index (χ2n) is 8.76. The van der Waals surface area contributed by atoms with E-state index in [-0.39, 0.29) is 11.6 Å². The molecule has 2 aliphatic rings. The van der Waals surface area contributed by atoms with E-state index in [4.69, 9.17) is 14.7 Å². The number of hydrogen-bond donors (Lipinski definition) is 4. The lowest BCUT2D eigenvalue weighted by molar-refractivity contribution is 0.122. The second-order valence-corrected chi connectivity index (χ2v) is 8.76. The van der Waals surface area contributed by atoms with E-state index in [1.54, 1.807) is 16.8 Å². The van der Waals surface area contributed by atoms with Crippen LogP contribution in [-0.2, 0) is 11.3 Å². The number of aromatic amines is 2. The number of aromatic nitrogens is 5. The summed E-state index contributed by atoms with van der Waals surface area (Å²) in [6, 6.07) is 10.6. The summed E-state index contributed by atoms with van der Waals surface area (Å²) in [5, 5.41) is 18.6. The van der Waals surface area contributed by atoms with Crippen LogP contribution < -0.4 is 26.6 Å². The zero-order chi connectivity index (χ0) is 23.8. The zero-order valence-electron chi connectivity index (χ0n) is 19.1. The number of fused-ring (bicyclic) bond motifs is 1. The number of hydrogen-bond acceptors (Lipinski definition) is 8. The van der Waals surface area contributed by atoms with Crippen LogP contribution in [0.1, 0.15) is 24.1 Å². The number of imidazole rings is 1. The Morgan fingerprint density at radius 1 is 1.23 bits per heavy atom. The quantitative estimate of drug-likeness (QED) is 0.320. The molecule has 3 aromatic heterocycles. The fourth-order valence-corrected chi connectivity index (χ4v) is 4.25. The molecule has 1 saturated carbocycles. The van der Waals surface area contributed by atoms with Crippen LogP contribution in [0.5, 0.6) is 5.88 Å². The van der Waals surface area contributed by atoms with Crippen LogP contribution in [0.4, 0.5) is 11.5 Å². The second kappa shape index (κ2) is 8.91. The van der Waals surface area contributed by atoms with Gasteiger partial charge in [-0.25, -0.2) is 9.78 Å². The first-order chi connectivity index (χ1) is 17.1. The van der Waals surface area contributed by atoms with Crippen molar-refractivity contribution >= 4 is 23.2 Å². The molecule has 35 heavy (non-hydrogen) atoms. The van der Waals surface area contributed by atoms with E-state index in [0.29, 0.717) is 34.8 Å². The van der Waals surface area contributed by atoms with E-state index >= 15 is 0 Å². The highest BCUT2D eigenvalue weighted by Gasteiger charge is 2.20. The molecule has 0 amide bonds. The van der Waals surface area contributed by atoms with Crippen molar-refractivity contribution in [2.45, 2.75) is 25.4 Å². The lowest BCUT2D eigenvalue weighted by Gasteiger charge is -2.30. The topological polar surface area (TPSA) is 136 Å². The van der Waals surface area contributed by atoms with Crippen LogP contribution in [0.3, 0.4) is 0 Å². The van der Waals surface area contributed by atoms with Crippen LogP contribution in [-0.4, -0.2) is 62.0 Å². The molecule has 4 heterocycles. The molecule has 1 aliphatic carbocycles. The number of nitrogens with zero attached hydrogens (tertiary/aromatic N) is 5. The average Bonchev–Trinajstić information content (AvgIpc) is 3.51. The van der Waals surface area contributed by atoms with Crippen molar-refractivity contribution < 1.29 is 9.84 Å². The third kappa shape index (κ3) is 4.50. The Bertz CT molecular complexity index is 1540. The van der Waals surface area contributed by atoms with Crippen molar-refractivity contribution in [3.05, 3.63) is 69.0 Å². The highest BCUT2D eigenvalue weighted by molar-refractivity contribution is 5.59. The summed E-state index contributed by atoms with van der Waals surface area (Å²) in [5.41, 5.74) is 3.45. The van der Waals surface area contributed by atoms with Crippen LogP contribution in [0.15, 0.2) is 46.3 Å². The maximum atomic E-state index is 11.5. The molecule has 0 radical (unpaired) electrons. The molecule has 11 nitrogen and oxygen atoms in total. The Kier molecular flexibility index (Phi) is 5.45. The minimum atomic E-state index is -0.483. The largest absolute Gasteiger partial charge is 0.493 e. The summed E-state index contributed by atoms with van der Waals surface area (Å²) in [6.45, 7) is 3.80. The lowest BCUT2D eigenvalue weighted by Crippen LogP contribution is -2.36. The summed E-state index contributed by atoms with van der Waals surface area (Å²) < 4.78 is 7.20. The minimum Gasteiger partial charge on any atom is -0.493 e. The predicted molar refractivity (Wildman–Crippen MR) is 130 cm³/mol. The van der Waals surface area contributed by atoms with Gasteiger partial charge in [0.2, 0.25) is 5.88 Å². The van der Waals surface area contributed by atoms with Gasteiger partial charge in [-0.3, -0.25) is 9.98 Å². The zero-order valence-corrected chi connectivity index (χ0v) is 19.1. The first-order valence-electron chi connectivity index (χ1n) is 11.7. The predicted octanol–water partition coefficient (Wildman–Crippen LogP) is 0.511. The van der Waals surface area contributed by atoms with Crippen molar-refractivity contribution in [2.75, 3.05) is 36.5 Å². The number of anilines is 2. The van der Waals surface area contributed by atoms with E-state index in [2.05, 4.69) is 43.5 Å². The van der Waals surface area contributed by atoms with E-state index in [9.17, 15) is 9.90 Å².